The first-order valence-electron chi connectivity index (χ1n) is 6.69. The van der Waals surface area contributed by atoms with Crippen LogP contribution in [0.2, 0.25) is 0 Å². The second-order valence-corrected chi connectivity index (χ2v) is 4.76. The zero-order valence-corrected chi connectivity index (χ0v) is 12.0. The van der Waals surface area contributed by atoms with Crippen molar-refractivity contribution in [1.82, 2.24) is 20.0 Å². The first-order chi connectivity index (χ1) is 11.5. The number of hydrogen-bond donors (Lipinski definition) is 1. The molecule has 0 aliphatic rings. The predicted octanol–water partition coefficient (Wildman–Crippen LogP) is 3.30. The van der Waals surface area contributed by atoms with Crippen LogP contribution in [0.15, 0.2) is 48.8 Å². The zero-order valence-electron chi connectivity index (χ0n) is 12.0. The molecule has 0 aliphatic heterocycles. The summed E-state index contributed by atoms with van der Waals surface area (Å²) in [5, 5.41) is 23.2. The van der Waals surface area contributed by atoms with E-state index in [2.05, 4.69) is 20.6 Å². The summed E-state index contributed by atoms with van der Waals surface area (Å²) in [6, 6.07) is 9.62. The van der Waals surface area contributed by atoms with Gasteiger partial charge in [0.1, 0.15) is 6.07 Å². The van der Waals surface area contributed by atoms with Gasteiger partial charge in [-0.15, -0.1) is 10.2 Å². The molecular formula is C15H9F3N6. The number of hydrogen-bond acceptors (Lipinski definition) is 5. The third-order valence-electron chi connectivity index (χ3n) is 3.09. The molecule has 1 aromatic carbocycles. The minimum atomic E-state index is -4.37. The van der Waals surface area contributed by atoms with Gasteiger partial charge in [0.15, 0.2) is 11.5 Å². The molecule has 3 rings (SSSR count). The zero-order chi connectivity index (χ0) is 17.2. The van der Waals surface area contributed by atoms with Crippen LogP contribution in [-0.2, 0) is 6.18 Å². The van der Waals surface area contributed by atoms with Gasteiger partial charge in [-0.1, -0.05) is 0 Å². The molecule has 0 unspecified atom stereocenters. The Morgan fingerprint density at radius 2 is 1.79 bits per heavy atom. The van der Waals surface area contributed by atoms with Crippen molar-refractivity contribution >= 4 is 11.5 Å². The average Bonchev–Trinajstić information content (AvgIpc) is 3.03. The van der Waals surface area contributed by atoms with Crippen LogP contribution < -0.4 is 5.32 Å². The largest absolute Gasteiger partial charge is 0.416 e. The van der Waals surface area contributed by atoms with E-state index >= 15 is 0 Å². The minimum Gasteiger partial charge on any atom is -0.336 e. The summed E-state index contributed by atoms with van der Waals surface area (Å²) < 4.78 is 39.1. The monoisotopic (exact) mass is 330 g/mol. The van der Waals surface area contributed by atoms with Crippen LogP contribution in [0.4, 0.5) is 24.7 Å². The number of nitriles is 1. The van der Waals surface area contributed by atoms with E-state index in [-0.39, 0.29) is 5.69 Å². The van der Waals surface area contributed by atoms with Crippen molar-refractivity contribution in [2.75, 3.05) is 5.32 Å². The van der Waals surface area contributed by atoms with Gasteiger partial charge in [-0.25, -0.2) is 4.68 Å². The van der Waals surface area contributed by atoms with E-state index in [1.165, 1.54) is 29.1 Å². The Bertz CT molecular complexity index is 875. The lowest BCUT2D eigenvalue weighted by Gasteiger charge is -2.07. The smallest absolute Gasteiger partial charge is 0.336 e. The van der Waals surface area contributed by atoms with Crippen molar-refractivity contribution in [3.8, 4) is 11.8 Å². The Labute approximate surface area is 134 Å². The highest BCUT2D eigenvalue weighted by atomic mass is 19.4. The topological polar surface area (TPSA) is 79.4 Å². The third kappa shape index (κ3) is 3.33. The summed E-state index contributed by atoms with van der Waals surface area (Å²) in [5.41, 5.74) is 0.543. The highest BCUT2D eigenvalue weighted by Gasteiger charge is 2.30. The summed E-state index contributed by atoms with van der Waals surface area (Å²) >= 11 is 0. The van der Waals surface area contributed by atoms with E-state index in [9.17, 15) is 13.2 Å². The molecule has 0 aliphatic carbocycles. The maximum absolute atomic E-state index is 12.6. The summed E-state index contributed by atoms with van der Waals surface area (Å²) in [6.45, 7) is 0. The minimum absolute atomic E-state index is 0.195. The molecule has 0 saturated carbocycles. The number of aromatic nitrogens is 4. The first kappa shape index (κ1) is 15.5. The lowest BCUT2D eigenvalue weighted by molar-refractivity contribution is -0.137. The molecule has 6 nitrogen and oxygen atoms in total. The lowest BCUT2D eigenvalue weighted by Crippen LogP contribution is -2.05. The van der Waals surface area contributed by atoms with Crippen LogP contribution >= 0.6 is 0 Å². The number of nitrogens with zero attached hydrogens (tertiary/aromatic N) is 5. The van der Waals surface area contributed by atoms with Crippen LogP contribution in [0, 0.1) is 11.3 Å². The SMILES string of the molecule is N#Cc1ccc(Nc2cnn(-c3ccc(C(F)(F)F)cc3)c2)nn1. The predicted molar refractivity (Wildman–Crippen MR) is 78.6 cm³/mol. The molecule has 0 atom stereocenters. The second kappa shape index (κ2) is 6.00. The van der Waals surface area contributed by atoms with E-state index < -0.39 is 11.7 Å². The number of benzene rings is 1. The van der Waals surface area contributed by atoms with Crippen LogP contribution in [0.3, 0.4) is 0 Å². The summed E-state index contributed by atoms with van der Waals surface area (Å²) in [4.78, 5) is 0. The first-order valence-corrected chi connectivity index (χ1v) is 6.69. The molecule has 0 spiro atoms. The van der Waals surface area contributed by atoms with Gasteiger partial charge < -0.3 is 5.32 Å². The molecule has 2 heterocycles. The highest BCUT2D eigenvalue weighted by molar-refractivity contribution is 5.54. The van der Waals surface area contributed by atoms with Gasteiger partial charge in [0.25, 0.3) is 0 Å². The fraction of sp³-hybridized carbons (Fsp3) is 0.0667. The van der Waals surface area contributed by atoms with E-state index in [4.69, 9.17) is 5.26 Å². The Hall–Kier alpha value is -3.41. The number of halogens is 3. The van der Waals surface area contributed by atoms with Crippen molar-refractivity contribution in [2.24, 2.45) is 0 Å². The second-order valence-electron chi connectivity index (χ2n) is 4.76. The Morgan fingerprint density at radius 1 is 1.04 bits per heavy atom. The van der Waals surface area contributed by atoms with E-state index in [1.807, 2.05) is 6.07 Å². The normalized spacial score (nSPS) is 11.1. The van der Waals surface area contributed by atoms with E-state index in [0.717, 1.165) is 12.1 Å². The van der Waals surface area contributed by atoms with Crippen molar-refractivity contribution in [1.29, 1.82) is 5.26 Å². The van der Waals surface area contributed by atoms with Crippen LogP contribution in [0.25, 0.3) is 5.69 Å². The number of nitrogens with one attached hydrogen (secondary N) is 1. The number of rotatable bonds is 3. The summed E-state index contributed by atoms with van der Waals surface area (Å²) in [7, 11) is 0. The molecule has 0 amide bonds. The van der Waals surface area contributed by atoms with Crippen molar-refractivity contribution in [2.45, 2.75) is 6.18 Å². The molecule has 0 fully saturated rings. The van der Waals surface area contributed by atoms with Gasteiger partial charge in [-0.2, -0.15) is 23.5 Å². The highest BCUT2D eigenvalue weighted by Crippen LogP contribution is 2.29. The van der Waals surface area contributed by atoms with Crippen LogP contribution in [-0.4, -0.2) is 20.0 Å². The maximum atomic E-state index is 12.6. The number of anilines is 2. The van der Waals surface area contributed by atoms with Gasteiger partial charge in [-0.3, -0.25) is 0 Å². The van der Waals surface area contributed by atoms with Crippen LogP contribution in [0.5, 0.6) is 0 Å². The molecule has 1 N–H and O–H groups in total. The Balaban J connectivity index is 1.76. The van der Waals surface area contributed by atoms with E-state index in [1.54, 1.807) is 12.3 Å². The van der Waals surface area contributed by atoms with Gasteiger partial charge in [0.2, 0.25) is 0 Å². The van der Waals surface area contributed by atoms with Gasteiger partial charge in [0.05, 0.1) is 29.3 Å². The van der Waals surface area contributed by atoms with Gasteiger partial charge in [0, 0.05) is 0 Å². The molecule has 0 radical (unpaired) electrons. The molecular weight excluding hydrogens is 321 g/mol. The molecule has 2 aromatic heterocycles. The summed E-state index contributed by atoms with van der Waals surface area (Å²) in [5.74, 6) is 0.418. The molecule has 24 heavy (non-hydrogen) atoms. The molecule has 0 saturated heterocycles. The lowest BCUT2D eigenvalue weighted by atomic mass is 10.2. The maximum Gasteiger partial charge on any atom is 0.416 e. The molecule has 3 aromatic rings. The Morgan fingerprint density at radius 3 is 2.38 bits per heavy atom. The quantitative estimate of drug-likeness (QED) is 0.797. The standard InChI is InChI=1S/C15H9F3N6/c16-15(17,18)10-1-4-13(5-2-10)24-9-12(8-20-24)21-14-6-3-11(7-19)22-23-14/h1-6,8-9H,(H,21,23). The molecule has 9 heteroatoms. The fourth-order valence-electron chi connectivity index (χ4n) is 1.94. The van der Waals surface area contributed by atoms with Crippen LogP contribution in [0.1, 0.15) is 11.3 Å². The molecule has 120 valence electrons. The van der Waals surface area contributed by atoms with Crippen molar-refractivity contribution in [3.05, 3.63) is 60.0 Å². The fourth-order valence-corrected chi connectivity index (χ4v) is 1.94. The van der Waals surface area contributed by atoms with Gasteiger partial charge >= 0.3 is 6.18 Å². The van der Waals surface area contributed by atoms with Crippen molar-refractivity contribution < 1.29 is 13.2 Å². The van der Waals surface area contributed by atoms with E-state index in [0.29, 0.717) is 17.2 Å². The summed E-state index contributed by atoms with van der Waals surface area (Å²) in [6.07, 6.45) is -1.27. The third-order valence-corrected chi connectivity index (χ3v) is 3.09. The number of alkyl halides is 3. The Kier molecular flexibility index (Phi) is 3.87. The van der Waals surface area contributed by atoms with Gasteiger partial charge in [-0.05, 0) is 36.4 Å². The van der Waals surface area contributed by atoms with Crippen molar-refractivity contribution in [3.63, 3.8) is 0 Å². The average molecular weight is 330 g/mol. The molecule has 0 bridgehead atoms.